The first-order valence-electron chi connectivity index (χ1n) is 5.75. The summed E-state index contributed by atoms with van der Waals surface area (Å²) in [4.78, 5) is 0.482. The molecule has 3 nitrogen and oxygen atoms in total. The highest BCUT2D eigenvalue weighted by atomic mass is 35.5. The Morgan fingerprint density at radius 3 is 2.67 bits per heavy atom. The van der Waals surface area contributed by atoms with Crippen LogP contribution in [0.5, 0.6) is 0 Å². The lowest BCUT2D eigenvalue weighted by Gasteiger charge is -2.17. The topological polar surface area (TPSA) is 52.3 Å². The van der Waals surface area contributed by atoms with Gasteiger partial charge in [-0.3, -0.25) is 4.21 Å². The van der Waals surface area contributed by atoms with Crippen LogP contribution in [0.3, 0.4) is 0 Å². The molecule has 1 fully saturated rings. The Bertz CT molecular complexity index is 429. The third-order valence-electron chi connectivity index (χ3n) is 3.06. The first kappa shape index (κ1) is 14.3. The fourth-order valence-electron chi connectivity index (χ4n) is 1.98. The summed E-state index contributed by atoms with van der Waals surface area (Å²) in [6.45, 7) is 1.38. The molecule has 1 aliphatic heterocycles. The fourth-order valence-corrected chi connectivity index (χ4v) is 4.26. The van der Waals surface area contributed by atoms with E-state index in [-0.39, 0.29) is 12.0 Å². The first-order chi connectivity index (χ1) is 8.59. The first-order valence-corrected chi connectivity index (χ1v) is 7.83. The standard InChI is InChI=1S/C12H15Cl2NO2S/c13-9-2-1-3-10(14)12(9)18(16)7-11(15)8-4-5-17-6-8/h1-3,8,11H,4-7,15H2. The lowest BCUT2D eigenvalue weighted by Crippen LogP contribution is -2.35. The number of rotatable bonds is 4. The maximum absolute atomic E-state index is 12.3. The molecule has 0 radical (unpaired) electrons. The van der Waals surface area contributed by atoms with Gasteiger partial charge >= 0.3 is 0 Å². The molecule has 6 heteroatoms. The van der Waals surface area contributed by atoms with E-state index in [2.05, 4.69) is 0 Å². The van der Waals surface area contributed by atoms with E-state index in [1.54, 1.807) is 18.2 Å². The highest BCUT2D eigenvalue weighted by Crippen LogP contribution is 2.28. The molecule has 0 saturated carbocycles. The Kier molecular flexibility index (Phi) is 5.04. The summed E-state index contributed by atoms with van der Waals surface area (Å²) in [6, 6.07) is 4.95. The van der Waals surface area contributed by atoms with Crippen LogP contribution in [-0.2, 0) is 15.5 Å². The van der Waals surface area contributed by atoms with Crippen molar-refractivity contribution < 1.29 is 8.95 Å². The molecule has 2 rings (SSSR count). The monoisotopic (exact) mass is 307 g/mol. The number of nitrogens with two attached hydrogens (primary N) is 1. The van der Waals surface area contributed by atoms with Gasteiger partial charge in [0, 0.05) is 24.3 Å². The zero-order valence-electron chi connectivity index (χ0n) is 9.77. The highest BCUT2D eigenvalue weighted by molar-refractivity contribution is 7.85. The Hall–Kier alpha value is -0.130. The Morgan fingerprint density at radius 1 is 1.44 bits per heavy atom. The zero-order valence-corrected chi connectivity index (χ0v) is 12.1. The van der Waals surface area contributed by atoms with Crippen LogP contribution in [0.25, 0.3) is 0 Å². The molecule has 2 N–H and O–H groups in total. The minimum Gasteiger partial charge on any atom is -0.381 e. The van der Waals surface area contributed by atoms with Gasteiger partial charge < -0.3 is 10.5 Å². The van der Waals surface area contributed by atoms with Crippen molar-refractivity contribution in [3.05, 3.63) is 28.2 Å². The molecule has 0 amide bonds. The summed E-state index contributed by atoms with van der Waals surface area (Å²) < 4.78 is 17.6. The molecule has 1 aliphatic rings. The summed E-state index contributed by atoms with van der Waals surface area (Å²) in [7, 11) is -1.28. The average molecular weight is 308 g/mol. The van der Waals surface area contributed by atoms with E-state index in [0.717, 1.165) is 13.0 Å². The van der Waals surface area contributed by atoms with Crippen LogP contribution in [0.4, 0.5) is 0 Å². The summed E-state index contributed by atoms with van der Waals surface area (Å²) in [5.74, 6) is 0.632. The Labute approximate surface area is 119 Å². The molecule has 3 unspecified atom stereocenters. The van der Waals surface area contributed by atoms with Crippen LogP contribution < -0.4 is 5.73 Å². The van der Waals surface area contributed by atoms with E-state index in [4.69, 9.17) is 33.7 Å². The van der Waals surface area contributed by atoms with Crippen molar-refractivity contribution in [1.29, 1.82) is 0 Å². The largest absolute Gasteiger partial charge is 0.381 e. The second kappa shape index (κ2) is 6.35. The van der Waals surface area contributed by atoms with Crippen LogP contribution in [0.2, 0.25) is 10.0 Å². The molecule has 3 atom stereocenters. The Balaban J connectivity index is 2.07. The molecule has 1 heterocycles. The van der Waals surface area contributed by atoms with Crippen molar-refractivity contribution >= 4 is 34.0 Å². The predicted molar refractivity (Wildman–Crippen MR) is 74.6 cm³/mol. The van der Waals surface area contributed by atoms with Crippen LogP contribution in [0.1, 0.15) is 6.42 Å². The summed E-state index contributed by atoms with van der Waals surface area (Å²) in [6.07, 6.45) is 0.925. The van der Waals surface area contributed by atoms with Crippen LogP contribution in [0.15, 0.2) is 23.1 Å². The molecule has 100 valence electrons. The molecule has 1 aromatic rings. The van der Waals surface area contributed by atoms with Gasteiger partial charge in [0.25, 0.3) is 0 Å². The second-order valence-electron chi connectivity index (χ2n) is 4.35. The van der Waals surface area contributed by atoms with Gasteiger partial charge in [-0.15, -0.1) is 0 Å². The van der Waals surface area contributed by atoms with Gasteiger partial charge in [0.05, 0.1) is 32.3 Å². The molecule has 0 aliphatic carbocycles. The number of hydrogen-bond acceptors (Lipinski definition) is 3. The predicted octanol–water partition coefficient (Wildman–Crippen LogP) is 2.46. The van der Waals surface area contributed by atoms with Crippen molar-refractivity contribution in [3.63, 3.8) is 0 Å². The summed E-state index contributed by atoms with van der Waals surface area (Å²) in [5.41, 5.74) is 6.06. The van der Waals surface area contributed by atoms with E-state index in [9.17, 15) is 4.21 Å². The average Bonchev–Trinajstić information content (AvgIpc) is 2.81. The molecule has 0 aromatic heterocycles. The van der Waals surface area contributed by atoms with Crippen molar-refractivity contribution in [2.75, 3.05) is 19.0 Å². The smallest absolute Gasteiger partial charge is 0.0760 e. The molecular formula is C12H15Cl2NO2S. The lowest BCUT2D eigenvalue weighted by molar-refractivity contribution is 0.182. The van der Waals surface area contributed by atoms with E-state index in [1.165, 1.54) is 0 Å². The maximum atomic E-state index is 12.3. The minimum atomic E-state index is -1.28. The van der Waals surface area contributed by atoms with E-state index >= 15 is 0 Å². The van der Waals surface area contributed by atoms with Gasteiger partial charge in [0.2, 0.25) is 0 Å². The number of halogens is 2. The number of ether oxygens (including phenoxy) is 1. The highest BCUT2D eigenvalue weighted by Gasteiger charge is 2.25. The molecule has 1 aromatic carbocycles. The molecule has 0 bridgehead atoms. The third-order valence-corrected chi connectivity index (χ3v) is 5.50. The van der Waals surface area contributed by atoms with Crippen LogP contribution >= 0.6 is 23.2 Å². The molecular weight excluding hydrogens is 293 g/mol. The number of benzene rings is 1. The molecule has 18 heavy (non-hydrogen) atoms. The van der Waals surface area contributed by atoms with Crippen molar-refractivity contribution in [3.8, 4) is 0 Å². The normalized spacial score (nSPS) is 22.9. The van der Waals surface area contributed by atoms with Gasteiger partial charge in [-0.05, 0) is 18.6 Å². The van der Waals surface area contributed by atoms with Gasteiger partial charge in [-0.1, -0.05) is 29.3 Å². The maximum Gasteiger partial charge on any atom is 0.0760 e. The quantitative estimate of drug-likeness (QED) is 0.929. The SMILES string of the molecule is NC(CS(=O)c1c(Cl)cccc1Cl)C1CCOC1. The van der Waals surface area contributed by atoms with E-state index in [0.29, 0.717) is 27.3 Å². The van der Waals surface area contributed by atoms with Crippen molar-refractivity contribution in [2.24, 2.45) is 11.7 Å². The molecule has 1 saturated heterocycles. The lowest BCUT2D eigenvalue weighted by atomic mass is 10.0. The zero-order chi connectivity index (χ0) is 13.1. The van der Waals surface area contributed by atoms with E-state index < -0.39 is 10.8 Å². The van der Waals surface area contributed by atoms with Gasteiger partial charge in [-0.25, -0.2) is 0 Å². The van der Waals surface area contributed by atoms with Crippen LogP contribution in [0, 0.1) is 5.92 Å². The fraction of sp³-hybridized carbons (Fsp3) is 0.500. The van der Waals surface area contributed by atoms with Crippen molar-refractivity contribution in [1.82, 2.24) is 0 Å². The van der Waals surface area contributed by atoms with Gasteiger partial charge in [-0.2, -0.15) is 0 Å². The number of hydrogen-bond donors (Lipinski definition) is 1. The molecule has 0 spiro atoms. The van der Waals surface area contributed by atoms with Crippen LogP contribution in [-0.4, -0.2) is 29.2 Å². The van der Waals surface area contributed by atoms with Gasteiger partial charge in [0.1, 0.15) is 0 Å². The van der Waals surface area contributed by atoms with Gasteiger partial charge in [0.15, 0.2) is 0 Å². The minimum absolute atomic E-state index is 0.152. The van der Waals surface area contributed by atoms with Crippen molar-refractivity contribution in [2.45, 2.75) is 17.4 Å². The van der Waals surface area contributed by atoms with E-state index in [1.807, 2.05) is 0 Å². The summed E-state index contributed by atoms with van der Waals surface area (Å²) in [5, 5.41) is 0.853. The second-order valence-corrected chi connectivity index (χ2v) is 6.60. The Morgan fingerprint density at radius 2 is 2.11 bits per heavy atom. The summed E-state index contributed by atoms with van der Waals surface area (Å²) >= 11 is 12.0. The third kappa shape index (κ3) is 3.25.